The third kappa shape index (κ3) is 4.95. The Morgan fingerprint density at radius 3 is 2.79 bits per heavy atom. The number of thiazole rings is 1. The highest BCUT2D eigenvalue weighted by molar-refractivity contribution is 8.00. The van der Waals surface area contributed by atoms with Crippen LogP contribution >= 0.6 is 34.9 Å². The molecule has 4 rings (SSSR count). The molecule has 29 heavy (non-hydrogen) atoms. The van der Waals surface area contributed by atoms with Crippen LogP contribution in [0.2, 0.25) is 0 Å². The van der Waals surface area contributed by atoms with Crippen molar-refractivity contribution in [3.63, 3.8) is 0 Å². The lowest BCUT2D eigenvalue weighted by molar-refractivity contribution is -0.129. The molecule has 2 aromatic heterocycles. The second-order valence-corrected chi connectivity index (χ2v) is 10.5. The van der Waals surface area contributed by atoms with Gasteiger partial charge in [-0.05, 0) is 25.0 Å². The number of thioether (sulfide) groups is 2. The Morgan fingerprint density at radius 2 is 2.00 bits per heavy atom. The number of carbonyl (C=O) groups excluding carboxylic acids is 1. The zero-order valence-electron chi connectivity index (χ0n) is 16.7. The molecule has 0 unspecified atom stereocenters. The fraction of sp³-hybridized carbons (Fsp3) is 0.500. The first kappa shape index (κ1) is 20.7. The topological polar surface area (TPSA) is 63.9 Å². The predicted octanol–water partition coefficient (Wildman–Crippen LogP) is 4.60. The summed E-state index contributed by atoms with van der Waals surface area (Å²) >= 11 is 4.84. The van der Waals surface area contributed by atoms with Gasteiger partial charge < -0.3 is 9.47 Å². The van der Waals surface area contributed by atoms with Gasteiger partial charge in [0.2, 0.25) is 5.91 Å². The molecule has 1 aliphatic carbocycles. The molecule has 0 spiro atoms. The van der Waals surface area contributed by atoms with Crippen molar-refractivity contribution in [1.29, 1.82) is 0 Å². The summed E-state index contributed by atoms with van der Waals surface area (Å²) < 4.78 is 4.22. The summed E-state index contributed by atoms with van der Waals surface area (Å²) in [5, 5.41) is 9.40. The van der Waals surface area contributed by atoms with E-state index in [1.54, 1.807) is 23.1 Å². The predicted molar refractivity (Wildman–Crippen MR) is 121 cm³/mol. The van der Waals surface area contributed by atoms with Crippen molar-refractivity contribution in [2.24, 2.45) is 7.05 Å². The fourth-order valence-electron chi connectivity index (χ4n) is 3.54. The molecular weight excluding hydrogens is 422 g/mol. The van der Waals surface area contributed by atoms with Crippen molar-refractivity contribution in [2.45, 2.75) is 53.4 Å². The van der Waals surface area contributed by atoms with E-state index < -0.39 is 0 Å². The smallest absolute Gasteiger partial charge is 0.233 e. The molecule has 1 fully saturated rings. The van der Waals surface area contributed by atoms with Crippen LogP contribution in [0.3, 0.4) is 0 Å². The Balaban J connectivity index is 1.31. The first-order valence-corrected chi connectivity index (χ1v) is 12.7. The van der Waals surface area contributed by atoms with Crippen molar-refractivity contribution >= 4 is 51.0 Å². The number of benzene rings is 1. The minimum atomic E-state index is 0.176. The van der Waals surface area contributed by atoms with E-state index in [1.807, 2.05) is 41.8 Å². The van der Waals surface area contributed by atoms with E-state index in [-0.39, 0.29) is 5.91 Å². The highest BCUT2D eigenvalue weighted by Gasteiger charge is 2.22. The number of rotatable bonds is 7. The number of nitrogens with zero attached hydrogens (tertiary/aromatic N) is 5. The molecule has 2 heterocycles. The summed E-state index contributed by atoms with van der Waals surface area (Å²) in [5.41, 5.74) is 1.04. The van der Waals surface area contributed by atoms with Gasteiger partial charge in [-0.25, -0.2) is 4.98 Å². The maximum atomic E-state index is 12.6. The average molecular weight is 448 g/mol. The maximum Gasteiger partial charge on any atom is 0.233 e. The molecule has 1 amide bonds. The number of carbonyl (C=O) groups is 1. The van der Waals surface area contributed by atoms with Crippen LogP contribution in [-0.4, -0.2) is 49.4 Å². The van der Waals surface area contributed by atoms with Crippen molar-refractivity contribution in [2.75, 3.05) is 12.8 Å². The third-order valence-electron chi connectivity index (χ3n) is 5.36. The van der Waals surface area contributed by atoms with Crippen LogP contribution in [0.25, 0.3) is 10.2 Å². The van der Waals surface area contributed by atoms with E-state index in [2.05, 4.69) is 21.2 Å². The molecular formula is C20H25N5OS3. The van der Waals surface area contributed by atoms with Crippen molar-refractivity contribution in [3.8, 4) is 0 Å². The molecule has 0 radical (unpaired) electrons. The van der Waals surface area contributed by atoms with Crippen molar-refractivity contribution < 1.29 is 4.79 Å². The molecule has 0 aliphatic heterocycles. The summed E-state index contributed by atoms with van der Waals surface area (Å²) in [6.45, 7) is 0. The number of para-hydroxylation sites is 1. The molecule has 1 saturated carbocycles. The number of hydrogen-bond donors (Lipinski definition) is 0. The Morgan fingerprint density at radius 1 is 1.21 bits per heavy atom. The van der Waals surface area contributed by atoms with Crippen LogP contribution in [0.15, 0.2) is 33.8 Å². The van der Waals surface area contributed by atoms with Crippen LogP contribution in [-0.2, 0) is 17.6 Å². The number of aromatic nitrogens is 4. The molecule has 1 aromatic carbocycles. The number of hydrogen-bond acceptors (Lipinski definition) is 7. The zero-order chi connectivity index (χ0) is 20.2. The Hall–Kier alpha value is -1.58. The van der Waals surface area contributed by atoms with Crippen LogP contribution in [0.1, 0.15) is 37.9 Å². The van der Waals surface area contributed by atoms with E-state index in [0.29, 0.717) is 17.5 Å². The van der Waals surface area contributed by atoms with E-state index >= 15 is 0 Å². The largest absolute Gasteiger partial charge is 0.342 e. The summed E-state index contributed by atoms with van der Waals surface area (Å²) in [4.78, 5) is 19.2. The monoisotopic (exact) mass is 447 g/mol. The standard InChI is InChI=1S/C20H25N5OS3/c1-24(14-8-4-3-5-9-14)18(26)13-27-19-23-22-17(25(19)2)12-28-20-21-15-10-6-7-11-16(15)29-20/h6-7,10-11,14H,3-5,8-9,12-13H2,1-2H3. The number of amides is 1. The number of fused-ring (bicyclic) bond motifs is 1. The first-order valence-electron chi connectivity index (χ1n) is 9.87. The second-order valence-electron chi connectivity index (χ2n) is 7.28. The van der Waals surface area contributed by atoms with Gasteiger partial charge in [0.15, 0.2) is 9.50 Å². The Kier molecular flexibility index (Phi) is 6.77. The summed E-state index contributed by atoms with van der Waals surface area (Å²) in [7, 11) is 3.90. The molecule has 0 N–H and O–H groups in total. The Bertz CT molecular complexity index is 947. The van der Waals surface area contributed by atoms with Crippen LogP contribution in [0, 0.1) is 0 Å². The molecule has 9 heteroatoms. The zero-order valence-corrected chi connectivity index (χ0v) is 19.2. The second kappa shape index (κ2) is 9.49. The quantitative estimate of drug-likeness (QED) is 0.493. The van der Waals surface area contributed by atoms with Gasteiger partial charge >= 0.3 is 0 Å². The molecule has 154 valence electrons. The Labute approximate surface area is 183 Å². The minimum absolute atomic E-state index is 0.176. The first-order chi connectivity index (χ1) is 14.1. The lowest BCUT2D eigenvalue weighted by atomic mass is 9.94. The lowest BCUT2D eigenvalue weighted by Gasteiger charge is -2.31. The third-order valence-corrected chi connectivity index (χ3v) is 8.55. The van der Waals surface area contributed by atoms with Crippen LogP contribution < -0.4 is 0 Å². The van der Waals surface area contributed by atoms with Crippen LogP contribution in [0.4, 0.5) is 0 Å². The highest BCUT2D eigenvalue weighted by Crippen LogP contribution is 2.31. The normalized spacial score (nSPS) is 15.1. The maximum absolute atomic E-state index is 12.6. The van der Waals surface area contributed by atoms with Crippen LogP contribution in [0.5, 0.6) is 0 Å². The average Bonchev–Trinajstić information content (AvgIpc) is 3.33. The van der Waals surface area contributed by atoms with E-state index in [9.17, 15) is 4.79 Å². The van der Waals surface area contributed by atoms with Crippen molar-refractivity contribution in [1.82, 2.24) is 24.6 Å². The van der Waals surface area contributed by atoms with Gasteiger partial charge in [0.05, 0.1) is 21.7 Å². The van der Waals surface area contributed by atoms with Gasteiger partial charge in [-0.2, -0.15) is 0 Å². The van der Waals surface area contributed by atoms with Gasteiger partial charge in [-0.3, -0.25) is 4.79 Å². The van der Waals surface area contributed by atoms with E-state index in [1.165, 1.54) is 35.7 Å². The molecule has 0 bridgehead atoms. The summed E-state index contributed by atoms with van der Waals surface area (Å²) in [6.07, 6.45) is 6.01. The lowest BCUT2D eigenvalue weighted by Crippen LogP contribution is -2.39. The minimum Gasteiger partial charge on any atom is -0.342 e. The fourth-order valence-corrected chi connectivity index (χ4v) is 6.44. The summed E-state index contributed by atoms with van der Waals surface area (Å²) in [6, 6.07) is 8.57. The van der Waals surface area contributed by atoms with Gasteiger partial charge in [-0.15, -0.1) is 21.5 Å². The highest BCUT2D eigenvalue weighted by atomic mass is 32.2. The van der Waals surface area contributed by atoms with E-state index in [4.69, 9.17) is 0 Å². The molecule has 0 saturated heterocycles. The molecule has 3 aromatic rings. The summed E-state index contributed by atoms with van der Waals surface area (Å²) in [5.74, 6) is 2.18. The SMILES string of the molecule is CN(C(=O)CSc1nnc(CSc2nc3ccccc3s2)n1C)C1CCCCC1. The van der Waals surface area contributed by atoms with Gasteiger partial charge in [0, 0.05) is 20.1 Å². The van der Waals surface area contributed by atoms with Gasteiger partial charge in [-0.1, -0.05) is 54.9 Å². The van der Waals surface area contributed by atoms with Gasteiger partial charge in [0.25, 0.3) is 0 Å². The van der Waals surface area contributed by atoms with E-state index in [0.717, 1.165) is 33.7 Å². The van der Waals surface area contributed by atoms with Gasteiger partial charge in [0.1, 0.15) is 5.82 Å². The van der Waals surface area contributed by atoms with Crippen molar-refractivity contribution in [3.05, 3.63) is 30.1 Å². The molecule has 1 aliphatic rings. The molecule has 6 nitrogen and oxygen atoms in total. The molecule has 0 atom stereocenters.